The molecular weight excluding hydrogens is 293 g/mol. The molecule has 1 aromatic rings. The second kappa shape index (κ2) is 5.64. The fourth-order valence-corrected chi connectivity index (χ4v) is 1.86. The smallest absolute Gasteiger partial charge is 0.258 e. The van der Waals surface area contributed by atoms with E-state index in [9.17, 15) is 10.1 Å². The van der Waals surface area contributed by atoms with Crippen LogP contribution in [0.4, 0.5) is 5.69 Å². The number of halogens is 2. The molecule has 0 aliphatic heterocycles. The first-order valence-electron chi connectivity index (χ1n) is 4.98. The van der Waals surface area contributed by atoms with Crippen molar-refractivity contribution >= 4 is 33.2 Å². The molecule has 1 unspecified atom stereocenters. The minimum atomic E-state index is -0.441. The average molecular weight is 307 g/mol. The lowest BCUT2D eigenvalue weighted by Gasteiger charge is -2.14. The maximum absolute atomic E-state index is 10.5. The SMILES string of the molecule is CC(C)C(Br)Cc1ccc([N+](=O)[O-])cc1Cl. The van der Waals surface area contributed by atoms with Crippen molar-refractivity contribution < 1.29 is 4.92 Å². The summed E-state index contributed by atoms with van der Waals surface area (Å²) in [6.07, 6.45) is 0.772. The summed E-state index contributed by atoms with van der Waals surface area (Å²) in [7, 11) is 0. The minimum absolute atomic E-state index is 0.0319. The lowest BCUT2D eigenvalue weighted by molar-refractivity contribution is -0.384. The van der Waals surface area contributed by atoms with E-state index in [0.717, 1.165) is 12.0 Å². The summed E-state index contributed by atoms with van der Waals surface area (Å²) in [6, 6.07) is 4.61. The molecule has 3 nitrogen and oxygen atoms in total. The third-order valence-electron chi connectivity index (χ3n) is 2.39. The van der Waals surface area contributed by atoms with Crippen LogP contribution < -0.4 is 0 Å². The standard InChI is InChI=1S/C11H13BrClNO2/c1-7(2)10(12)5-8-3-4-9(14(15)16)6-11(8)13/h3-4,6-7,10H,5H2,1-2H3. The largest absolute Gasteiger partial charge is 0.270 e. The third-order valence-corrected chi connectivity index (χ3v) is 4.12. The molecule has 0 aliphatic carbocycles. The van der Waals surface area contributed by atoms with Gasteiger partial charge in [0, 0.05) is 17.0 Å². The van der Waals surface area contributed by atoms with E-state index in [2.05, 4.69) is 29.8 Å². The fourth-order valence-electron chi connectivity index (χ4n) is 1.26. The maximum Gasteiger partial charge on any atom is 0.270 e. The average Bonchev–Trinajstić information content (AvgIpc) is 2.20. The number of alkyl halides is 1. The summed E-state index contributed by atoms with van der Waals surface area (Å²) < 4.78 is 0. The number of hydrogen-bond acceptors (Lipinski definition) is 2. The van der Waals surface area contributed by atoms with Gasteiger partial charge in [-0.3, -0.25) is 10.1 Å². The fraction of sp³-hybridized carbons (Fsp3) is 0.455. The van der Waals surface area contributed by atoms with Crippen LogP contribution in [0.5, 0.6) is 0 Å². The van der Waals surface area contributed by atoms with E-state index in [-0.39, 0.29) is 5.69 Å². The number of hydrogen-bond donors (Lipinski definition) is 0. The Bertz CT molecular complexity index is 396. The highest BCUT2D eigenvalue weighted by Crippen LogP contribution is 2.26. The van der Waals surface area contributed by atoms with Crippen molar-refractivity contribution in [3.05, 3.63) is 38.9 Å². The summed E-state index contributed by atoms with van der Waals surface area (Å²) in [5, 5.41) is 11.0. The van der Waals surface area contributed by atoms with Gasteiger partial charge in [0.25, 0.3) is 5.69 Å². The molecule has 0 radical (unpaired) electrons. The molecule has 0 fully saturated rings. The molecule has 0 saturated heterocycles. The molecule has 5 heteroatoms. The molecule has 1 atom stereocenters. The van der Waals surface area contributed by atoms with Gasteiger partial charge < -0.3 is 0 Å². The molecule has 0 spiro atoms. The Morgan fingerprint density at radius 1 is 1.50 bits per heavy atom. The maximum atomic E-state index is 10.5. The Labute approximate surface area is 108 Å². The van der Waals surface area contributed by atoms with Crippen molar-refractivity contribution in [1.82, 2.24) is 0 Å². The van der Waals surface area contributed by atoms with Crippen LogP contribution in [0.15, 0.2) is 18.2 Å². The second-order valence-corrected chi connectivity index (χ2v) is 5.58. The Morgan fingerprint density at radius 2 is 2.12 bits per heavy atom. The number of nitro benzene ring substituents is 1. The van der Waals surface area contributed by atoms with Gasteiger partial charge in [-0.25, -0.2) is 0 Å². The zero-order chi connectivity index (χ0) is 12.3. The van der Waals surface area contributed by atoms with Gasteiger partial charge >= 0.3 is 0 Å². The normalized spacial score (nSPS) is 12.8. The van der Waals surface area contributed by atoms with Gasteiger partial charge in [-0.1, -0.05) is 47.4 Å². The molecule has 0 bridgehead atoms. The Balaban J connectivity index is 2.87. The second-order valence-electron chi connectivity index (χ2n) is 4.00. The zero-order valence-corrected chi connectivity index (χ0v) is 11.5. The number of non-ortho nitro benzene ring substituents is 1. The molecular formula is C11H13BrClNO2. The Kier molecular flexibility index (Phi) is 4.74. The van der Waals surface area contributed by atoms with E-state index in [1.165, 1.54) is 12.1 Å². The first kappa shape index (κ1) is 13.5. The van der Waals surface area contributed by atoms with Gasteiger partial charge in [0.1, 0.15) is 0 Å². The van der Waals surface area contributed by atoms with Gasteiger partial charge in [-0.2, -0.15) is 0 Å². The zero-order valence-electron chi connectivity index (χ0n) is 9.11. The van der Waals surface area contributed by atoms with E-state index < -0.39 is 4.92 Å². The van der Waals surface area contributed by atoms with E-state index in [4.69, 9.17) is 11.6 Å². The lowest BCUT2D eigenvalue weighted by atomic mass is 10.0. The van der Waals surface area contributed by atoms with Crippen LogP contribution in [0.25, 0.3) is 0 Å². The molecule has 16 heavy (non-hydrogen) atoms. The molecule has 0 saturated carbocycles. The summed E-state index contributed by atoms with van der Waals surface area (Å²) >= 11 is 9.56. The first-order chi connectivity index (χ1) is 7.41. The van der Waals surface area contributed by atoms with Crippen LogP contribution in [-0.4, -0.2) is 9.75 Å². The van der Waals surface area contributed by atoms with Gasteiger partial charge in [0.05, 0.1) is 9.95 Å². The summed E-state index contributed by atoms with van der Waals surface area (Å²) in [5.74, 6) is 0.492. The molecule has 0 N–H and O–H groups in total. The van der Waals surface area contributed by atoms with Crippen LogP contribution >= 0.6 is 27.5 Å². The quantitative estimate of drug-likeness (QED) is 0.475. The van der Waals surface area contributed by atoms with Gasteiger partial charge in [-0.05, 0) is 17.9 Å². The van der Waals surface area contributed by atoms with Crippen LogP contribution in [-0.2, 0) is 6.42 Å². The highest BCUT2D eigenvalue weighted by atomic mass is 79.9. The van der Waals surface area contributed by atoms with Crippen LogP contribution in [0, 0.1) is 16.0 Å². The van der Waals surface area contributed by atoms with E-state index >= 15 is 0 Å². The highest BCUT2D eigenvalue weighted by Gasteiger charge is 2.14. The van der Waals surface area contributed by atoms with Crippen LogP contribution in [0.1, 0.15) is 19.4 Å². The van der Waals surface area contributed by atoms with Gasteiger partial charge in [-0.15, -0.1) is 0 Å². The predicted octanol–water partition coefficient (Wildman–Crippen LogP) is 4.21. The van der Waals surface area contributed by atoms with Gasteiger partial charge in [0.15, 0.2) is 0 Å². The Morgan fingerprint density at radius 3 is 2.56 bits per heavy atom. The third kappa shape index (κ3) is 3.46. The number of nitrogens with zero attached hydrogens (tertiary/aromatic N) is 1. The topological polar surface area (TPSA) is 43.1 Å². The summed E-state index contributed by atoms with van der Waals surface area (Å²) in [4.78, 5) is 10.4. The molecule has 1 aromatic carbocycles. The molecule has 0 aromatic heterocycles. The van der Waals surface area contributed by atoms with Crippen molar-refractivity contribution in [3.8, 4) is 0 Å². The van der Waals surface area contributed by atoms with Crippen LogP contribution in [0.2, 0.25) is 5.02 Å². The van der Waals surface area contributed by atoms with Gasteiger partial charge in [0.2, 0.25) is 0 Å². The van der Waals surface area contributed by atoms with Crippen LogP contribution in [0.3, 0.4) is 0 Å². The van der Waals surface area contributed by atoms with E-state index in [1.54, 1.807) is 6.07 Å². The Hall–Kier alpha value is -0.610. The van der Waals surface area contributed by atoms with E-state index in [0.29, 0.717) is 15.8 Å². The highest BCUT2D eigenvalue weighted by molar-refractivity contribution is 9.09. The monoisotopic (exact) mass is 305 g/mol. The van der Waals surface area contributed by atoms with Crippen molar-refractivity contribution in [2.45, 2.75) is 25.1 Å². The molecule has 0 heterocycles. The first-order valence-corrected chi connectivity index (χ1v) is 6.28. The number of rotatable bonds is 4. The number of nitro groups is 1. The molecule has 0 aliphatic rings. The number of benzene rings is 1. The van der Waals surface area contributed by atoms with Crippen molar-refractivity contribution in [2.24, 2.45) is 5.92 Å². The minimum Gasteiger partial charge on any atom is -0.258 e. The molecule has 88 valence electrons. The van der Waals surface area contributed by atoms with Crippen molar-refractivity contribution in [3.63, 3.8) is 0 Å². The molecule has 1 rings (SSSR count). The summed E-state index contributed by atoms with van der Waals surface area (Å²) in [6.45, 7) is 4.22. The van der Waals surface area contributed by atoms with E-state index in [1.807, 2.05) is 0 Å². The van der Waals surface area contributed by atoms with Crippen molar-refractivity contribution in [1.29, 1.82) is 0 Å². The van der Waals surface area contributed by atoms with Crippen molar-refractivity contribution in [2.75, 3.05) is 0 Å². The summed E-state index contributed by atoms with van der Waals surface area (Å²) in [5.41, 5.74) is 0.965. The lowest BCUT2D eigenvalue weighted by Crippen LogP contribution is -2.10. The predicted molar refractivity (Wildman–Crippen MR) is 69.4 cm³/mol. The molecule has 0 amide bonds.